The van der Waals surface area contributed by atoms with Crippen LogP contribution in [0.5, 0.6) is 0 Å². The van der Waals surface area contributed by atoms with Gasteiger partial charge in [0.1, 0.15) is 0 Å². The van der Waals surface area contributed by atoms with Gasteiger partial charge in [-0.15, -0.1) is 0 Å². The second-order valence-electron chi connectivity index (χ2n) is 8.85. The highest BCUT2D eigenvalue weighted by Gasteiger charge is 2.31. The number of likely N-dealkylation sites (tertiary alicyclic amines) is 1. The minimum Gasteiger partial charge on any atom is -0.351 e. The standard InChI is InChI=1S/C24H31N3O3/c1-16-10-11-20(17(2)13-16)25-23(28)22-14-21(26-30-22)19-9-6-12-27(15-19)24(29)18-7-4-3-5-8-18/h10-11,13-14,18-19H,3-9,12,15H2,1-2H3,(H,25,28)/t19-/m1/s1. The van der Waals surface area contributed by atoms with Crippen molar-refractivity contribution < 1.29 is 14.1 Å². The van der Waals surface area contributed by atoms with Crippen molar-refractivity contribution in [2.75, 3.05) is 18.4 Å². The van der Waals surface area contributed by atoms with Crippen LogP contribution in [-0.4, -0.2) is 35.0 Å². The van der Waals surface area contributed by atoms with Gasteiger partial charge in [-0.05, 0) is 51.2 Å². The van der Waals surface area contributed by atoms with Crippen LogP contribution in [-0.2, 0) is 4.79 Å². The fourth-order valence-electron chi connectivity index (χ4n) is 4.75. The van der Waals surface area contributed by atoms with Crippen molar-refractivity contribution in [2.24, 2.45) is 5.92 Å². The molecule has 30 heavy (non-hydrogen) atoms. The number of hydrogen-bond donors (Lipinski definition) is 1. The number of carbonyl (C=O) groups is 2. The monoisotopic (exact) mass is 409 g/mol. The summed E-state index contributed by atoms with van der Waals surface area (Å²) in [4.78, 5) is 27.5. The van der Waals surface area contributed by atoms with Gasteiger partial charge in [0.2, 0.25) is 11.7 Å². The van der Waals surface area contributed by atoms with Crippen molar-refractivity contribution >= 4 is 17.5 Å². The van der Waals surface area contributed by atoms with Crippen molar-refractivity contribution in [1.82, 2.24) is 10.1 Å². The number of piperidine rings is 1. The molecule has 1 aliphatic heterocycles. The lowest BCUT2D eigenvalue weighted by Crippen LogP contribution is -2.42. The Bertz CT molecular complexity index is 914. The summed E-state index contributed by atoms with van der Waals surface area (Å²) in [6, 6.07) is 7.63. The zero-order chi connectivity index (χ0) is 21.1. The van der Waals surface area contributed by atoms with Crippen molar-refractivity contribution in [3.63, 3.8) is 0 Å². The van der Waals surface area contributed by atoms with Gasteiger partial charge in [0, 0.05) is 36.7 Å². The lowest BCUT2D eigenvalue weighted by atomic mass is 9.87. The lowest BCUT2D eigenvalue weighted by Gasteiger charge is -2.35. The molecule has 2 heterocycles. The molecule has 1 aliphatic carbocycles. The van der Waals surface area contributed by atoms with Crippen LogP contribution in [0.2, 0.25) is 0 Å². The van der Waals surface area contributed by atoms with Crippen LogP contribution in [0, 0.1) is 19.8 Å². The highest BCUT2D eigenvalue weighted by molar-refractivity contribution is 6.02. The molecule has 1 saturated carbocycles. The maximum Gasteiger partial charge on any atom is 0.294 e. The number of aryl methyl sites for hydroxylation is 2. The summed E-state index contributed by atoms with van der Waals surface area (Å²) >= 11 is 0. The Morgan fingerprint density at radius 1 is 1.07 bits per heavy atom. The molecule has 4 rings (SSSR count). The molecule has 1 N–H and O–H groups in total. The first-order valence-electron chi connectivity index (χ1n) is 11.2. The second-order valence-corrected chi connectivity index (χ2v) is 8.85. The maximum atomic E-state index is 12.9. The summed E-state index contributed by atoms with van der Waals surface area (Å²) in [5.41, 5.74) is 3.69. The van der Waals surface area contributed by atoms with Gasteiger partial charge in [-0.3, -0.25) is 9.59 Å². The van der Waals surface area contributed by atoms with Crippen molar-refractivity contribution in [3.8, 4) is 0 Å². The van der Waals surface area contributed by atoms with Crippen molar-refractivity contribution in [1.29, 1.82) is 0 Å². The summed E-state index contributed by atoms with van der Waals surface area (Å²) in [6.45, 7) is 5.48. The van der Waals surface area contributed by atoms with Crippen LogP contribution in [0.25, 0.3) is 0 Å². The van der Waals surface area contributed by atoms with Crippen LogP contribution >= 0.6 is 0 Å². The average Bonchev–Trinajstić information content (AvgIpc) is 3.26. The van der Waals surface area contributed by atoms with Crippen LogP contribution < -0.4 is 5.32 Å². The number of nitrogens with zero attached hydrogens (tertiary/aromatic N) is 2. The van der Waals surface area contributed by atoms with Crippen LogP contribution in [0.15, 0.2) is 28.8 Å². The van der Waals surface area contributed by atoms with Gasteiger partial charge >= 0.3 is 0 Å². The van der Waals surface area contributed by atoms with E-state index in [0.29, 0.717) is 12.5 Å². The fraction of sp³-hybridized carbons (Fsp3) is 0.542. The van der Waals surface area contributed by atoms with E-state index in [1.54, 1.807) is 6.07 Å². The number of aromatic nitrogens is 1. The minimum atomic E-state index is -0.299. The molecular formula is C24H31N3O3. The Morgan fingerprint density at radius 2 is 1.87 bits per heavy atom. The molecular weight excluding hydrogens is 378 g/mol. The number of nitrogens with one attached hydrogen (secondary N) is 1. The molecule has 2 fully saturated rings. The van der Waals surface area contributed by atoms with Gasteiger partial charge < -0.3 is 14.7 Å². The van der Waals surface area contributed by atoms with Gasteiger partial charge in [-0.2, -0.15) is 0 Å². The Kier molecular flexibility index (Phi) is 6.21. The zero-order valence-corrected chi connectivity index (χ0v) is 17.9. The maximum absolute atomic E-state index is 12.9. The van der Waals surface area contributed by atoms with E-state index < -0.39 is 0 Å². The van der Waals surface area contributed by atoms with E-state index in [-0.39, 0.29) is 23.5 Å². The Labute approximate surface area is 178 Å². The van der Waals surface area contributed by atoms with Gasteiger partial charge in [0.05, 0.1) is 5.69 Å². The van der Waals surface area contributed by atoms with Crippen molar-refractivity contribution in [2.45, 2.75) is 64.7 Å². The Balaban J connectivity index is 1.40. The molecule has 0 unspecified atom stereocenters. The summed E-state index contributed by atoms with van der Waals surface area (Å²) in [5.74, 6) is 0.523. The molecule has 160 valence electrons. The summed E-state index contributed by atoms with van der Waals surface area (Å²) in [7, 11) is 0. The predicted octanol–water partition coefficient (Wildman–Crippen LogP) is 4.83. The van der Waals surface area contributed by atoms with E-state index in [9.17, 15) is 9.59 Å². The van der Waals surface area contributed by atoms with Crippen LogP contribution in [0.4, 0.5) is 5.69 Å². The molecule has 0 bridgehead atoms. The number of anilines is 1. The summed E-state index contributed by atoms with van der Waals surface area (Å²) in [5, 5.41) is 7.07. The highest BCUT2D eigenvalue weighted by Crippen LogP contribution is 2.31. The fourth-order valence-corrected chi connectivity index (χ4v) is 4.75. The molecule has 2 aromatic rings. The SMILES string of the molecule is Cc1ccc(NC(=O)c2cc([C@@H]3CCCN(C(=O)C4CCCCC4)C3)no2)c(C)c1. The highest BCUT2D eigenvalue weighted by atomic mass is 16.5. The number of carbonyl (C=O) groups excluding carboxylic acids is 2. The first-order valence-corrected chi connectivity index (χ1v) is 11.2. The summed E-state index contributed by atoms with van der Waals surface area (Å²) < 4.78 is 5.36. The molecule has 2 amide bonds. The lowest BCUT2D eigenvalue weighted by molar-refractivity contribution is -0.137. The van der Waals surface area contributed by atoms with Crippen molar-refractivity contribution in [3.05, 3.63) is 46.8 Å². The van der Waals surface area contributed by atoms with E-state index in [4.69, 9.17) is 4.52 Å². The normalized spacial score (nSPS) is 20.2. The van der Waals surface area contributed by atoms with E-state index >= 15 is 0 Å². The predicted molar refractivity (Wildman–Crippen MR) is 116 cm³/mol. The first-order chi connectivity index (χ1) is 14.5. The quantitative estimate of drug-likeness (QED) is 0.785. The molecule has 0 radical (unpaired) electrons. The van der Waals surface area contributed by atoms with Gasteiger partial charge in [0.25, 0.3) is 5.91 Å². The zero-order valence-electron chi connectivity index (χ0n) is 17.9. The van der Waals surface area contributed by atoms with Crippen LogP contribution in [0.1, 0.15) is 78.2 Å². The van der Waals surface area contributed by atoms with E-state index in [2.05, 4.69) is 10.5 Å². The molecule has 1 aromatic heterocycles. The van der Waals surface area contributed by atoms with E-state index in [1.807, 2.05) is 36.9 Å². The summed E-state index contributed by atoms with van der Waals surface area (Å²) in [6.07, 6.45) is 7.53. The second kappa shape index (κ2) is 9.02. The molecule has 1 saturated heterocycles. The molecule has 1 aromatic carbocycles. The number of benzene rings is 1. The van der Waals surface area contributed by atoms with Gasteiger partial charge in [-0.1, -0.05) is 42.1 Å². The minimum absolute atomic E-state index is 0.123. The average molecular weight is 410 g/mol. The third-order valence-corrected chi connectivity index (χ3v) is 6.49. The molecule has 1 atom stereocenters. The molecule has 2 aliphatic rings. The molecule has 6 heteroatoms. The largest absolute Gasteiger partial charge is 0.351 e. The van der Waals surface area contributed by atoms with E-state index in [0.717, 1.165) is 67.6 Å². The van der Waals surface area contributed by atoms with Gasteiger partial charge in [-0.25, -0.2) is 0 Å². The Hall–Kier alpha value is -2.63. The third kappa shape index (κ3) is 4.58. The number of rotatable bonds is 4. The molecule has 6 nitrogen and oxygen atoms in total. The molecule has 0 spiro atoms. The van der Waals surface area contributed by atoms with Gasteiger partial charge in [0.15, 0.2) is 0 Å². The van der Waals surface area contributed by atoms with Crippen LogP contribution in [0.3, 0.4) is 0 Å². The smallest absolute Gasteiger partial charge is 0.294 e. The number of hydrogen-bond acceptors (Lipinski definition) is 4. The Morgan fingerprint density at radius 3 is 2.63 bits per heavy atom. The topological polar surface area (TPSA) is 75.4 Å². The first kappa shape index (κ1) is 20.6. The number of amides is 2. The third-order valence-electron chi connectivity index (χ3n) is 6.49. The van der Waals surface area contributed by atoms with E-state index in [1.165, 1.54) is 6.42 Å².